The highest BCUT2D eigenvalue weighted by atomic mass is 19.4. The van der Waals surface area contributed by atoms with Crippen molar-refractivity contribution < 1.29 is 32.6 Å². The van der Waals surface area contributed by atoms with E-state index in [4.69, 9.17) is 9.84 Å². The summed E-state index contributed by atoms with van der Waals surface area (Å²) in [4.78, 5) is 35.8. The molecule has 5 rings (SSSR count). The summed E-state index contributed by atoms with van der Waals surface area (Å²) in [6, 6.07) is 1.77. The number of nitrogens with zero attached hydrogens (tertiary/aromatic N) is 5. The summed E-state index contributed by atoms with van der Waals surface area (Å²) < 4.78 is 44.6. The molecule has 0 atom stereocenters. The van der Waals surface area contributed by atoms with Gasteiger partial charge >= 0.3 is 12.2 Å². The van der Waals surface area contributed by atoms with Crippen molar-refractivity contribution in [2.45, 2.75) is 43.9 Å². The molecule has 2 fully saturated rings. The molecule has 3 aromatic heterocycles. The number of alkyl halides is 3. The highest BCUT2D eigenvalue weighted by Gasteiger charge is 2.43. The number of halogens is 3. The van der Waals surface area contributed by atoms with E-state index in [2.05, 4.69) is 25.5 Å². The molecule has 0 unspecified atom stereocenters. The zero-order valence-electron chi connectivity index (χ0n) is 19.5. The number of pyridine rings is 2. The molecule has 3 aromatic rings. The lowest BCUT2D eigenvalue weighted by Gasteiger charge is -2.34. The van der Waals surface area contributed by atoms with Crippen LogP contribution in [0.3, 0.4) is 0 Å². The fraction of sp³-hybridized carbons (Fsp3) is 0.435. The summed E-state index contributed by atoms with van der Waals surface area (Å²) in [5.74, 6) is -0.0978. The molecule has 3 amide bonds. The minimum absolute atomic E-state index is 0.0597. The molecule has 0 radical (unpaired) electrons. The maximum atomic E-state index is 13.1. The van der Waals surface area contributed by atoms with E-state index >= 15 is 0 Å². The van der Waals surface area contributed by atoms with Crippen molar-refractivity contribution in [1.29, 1.82) is 0 Å². The van der Waals surface area contributed by atoms with Gasteiger partial charge in [-0.05, 0) is 37.8 Å². The van der Waals surface area contributed by atoms with E-state index in [9.17, 15) is 22.8 Å². The van der Waals surface area contributed by atoms with Crippen LogP contribution in [0.5, 0.6) is 5.88 Å². The Morgan fingerprint density at radius 1 is 1.14 bits per heavy atom. The molecule has 1 aliphatic carbocycles. The van der Waals surface area contributed by atoms with Crippen LogP contribution in [0, 0.1) is 0 Å². The summed E-state index contributed by atoms with van der Waals surface area (Å²) in [5.41, 5.74) is 0.262. The molecule has 0 spiro atoms. The quantitative estimate of drug-likeness (QED) is 0.406. The molecule has 1 saturated heterocycles. The van der Waals surface area contributed by atoms with Gasteiger partial charge in [0, 0.05) is 18.3 Å². The second-order valence-electron chi connectivity index (χ2n) is 8.93. The smallest absolute Gasteiger partial charge is 0.417 e. The van der Waals surface area contributed by atoms with Gasteiger partial charge in [-0.3, -0.25) is 24.7 Å². The maximum Gasteiger partial charge on any atom is 0.417 e. The van der Waals surface area contributed by atoms with Gasteiger partial charge in [0.2, 0.25) is 5.88 Å². The van der Waals surface area contributed by atoms with Gasteiger partial charge in [-0.25, -0.2) is 9.78 Å². The number of amides is 3. The zero-order chi connectivity index (χ0) is 26.2. The van der Waals surface area contributed by atoms with Gasteiger partial charge in [0.1, 0.15) is 13.2 Å². The van der Waals surface area contributed by atoms with Gasteiger partial charge in [-0.15, -0.1) is 5.10 Å². The average molecular weight is 519 g/mol. The molecule has 196 valence electrons. The van der Waals surface area contributed by atoms with Crippen LogP contribution >= 0.6 is 0 Å². The fourth-order valence-corrected chi connectivity index (χ4v) is 4.73. The molecule has 0 bridgehead atoms. The predicted molar refractivity (Wildman–Crippen MR) is 125 cm³/mol. The molecular formula is C23H24F3N7O4. The number of aromatic amines is 1. The van der Waals surface area contributed by atoms with Crippen molar-refractivity contribution >= 4 is 34.3 Å². The molecule has 3 N–H and O–H groups in total. The standard InChI is InChI=1S/C23H24F3N7O4/c24-23(25,26)13-7-17(11-27-9-13)32-12-19(35)33(22(32)36)16-3-1-14(2-4-16)29-15-8-18-20(28-10-15)30-31-21(18)37-6-5-34/h7-11,14,16,29,34H,1-6,12H2,(H,28,30,31)/t14-,16-. The van der Waals surface area contributed by atoms with E-state index in [0.717, 1.165) is 22.9 Å². The number of hydrogen-bond donors (Lipinski definition) is 3. The van der Waals surface area contributed by atoms with Gasteiger partial charge < -0.3 is 15.2 Å². The average Bonchev–Trinajstić information content (AvgIpc) is 3.42. The highest BCUT2D eigenvalue weighted by molar-refractivity contribution is 6.12. The number of anilines is 2. The number of rotatable bonds is 7. The molecule has 14 heteroatoms. The lowest BCUT2D eigenvalue weighted by molar-refractivity contribution is -0.137. The topological polar surface area (TPSA) is 137 Å². The first-order valence-corrected chi connectivity index (χ1v) is 11.7. The minimum Gasteiger partial charge on any atom is -0.474 e. The van der Waals surface area contributed by atoms with E-state index < -0.39 is 23.7 Å². The van der Waals surface area contributed by atoms with Crippen molar-refractivity contribution in [2.75, 3.05) is 30.0 Å². The number of urea groups is 1. The molecule has 1 aliphatic heterocycles. The number of ether oxygens (including phenoxy) is 1. The van der Waals surface area contributed by atoms with Gasteiger partial charge in [-0.2, -0.15) is 13.2 Å². The van der Waals surface area contributed by atoms with Crippen molar-refractivity contribution in [2.24, 2.45) is 0 Å². The maximum absolute atomic E-state index is 13.1. The van der Waals surface area contributed by atoms with Crippen LogP contribution in [0.25, 0.3) is 11.0 Å². The highest BCUT2D eigenvalue weighted by Crippen LogP contribution is 2.34. The number of imide groups is 1. The van der Waals surface area contributed by atoms with Gasteiger partial charge in [0.15, 0.2) is 5.65 Å². The third kappa shape index (κ3) is 5.01. The Kier molecular flexibility index (Phi) is 6.58. The Morgan fingerprint density at radius 2 is 1.92 bits per heavy atom. The first-order chi connectivity index (χ1) is 17.7. The summed E-state index contributed by atoms with van der Waals surface area (Å²) in [7, 11) is 0. The summed E-state index contributed by atoms with van der Waals surface area (Å²) in [6.45, 7) is -0.353. The normalized spacial score (nSPS) is 20.6. The van der Waals surface area contributed by atoms with Crippen LogP contribution < -0.4 is 15.0 Å². The zero-order valence-corrected chi connectivity index (χ0v) is 19.5. The Hall–Kier alpha value is -3.94. The van der Waals surface area contributed by atoms with E-state index in [1.807, 2.05) is 6.07 Å². The molecule has 0 aromatic carbocycles. The van der Waals surface area contributed by atoms with Crippen LogP contribution in [-0.2, 0) is 11.0 Å². The Labute approximate surface area is 208 Å². The summed E-state index contributed by atoms with van der Waals surface area (Å²) >= 11 is 0. The van der Waals surface area contributed by atoms with E-state index in [-0.39, 0.29) is 37.5 Å². The van der Waals surface area contributed by atoms with Gasteiger partial charge in [-0.1, -0.05) is 0 Å². The first kappa shape index (κ1) is 24.7. The number of H-pyrrole nitrogens is 1. The van der Waals surface area contributed by atoms with Crippen LogP contribution in [0.4, 0.5) is 29.3 Å². The fourth-order valence-electron chi connectivity index (χ4n) is 4.73. The van der Waals surface area contributed by atoms with Crippen molar-refractivity contribution in [1.82, 2.24) is 25.1 Å². The lowest BCUT2D eigenvalue weighted by Crippen LogP contribution is -2.44. The molecule has 2 aliphatic rings. The molecule has 11 nitrogen and oxygen atoms in total. The number of fused-ring (bicyclic) bond motifs is 1. The monoisotopic (exact) mass is 519 g/mol. The Balaban J connectivity index is 1.22. The number of aromatic nitrogens is 4. The lowest BCUT2D eigenvalue weighted by atomic mass is 9.90. The number of aliphatic hydroxyl groups is 1. The second kappa shape index (κ2) is 9.84. The van der Waals surface area contributed by atoms with E-state index in [1.54, 1.807) is 6.20 Å². The number of nitrogens with one attached hydrogen (secondary N) is 2. The Bertz CT molecular complexity index is 1310. The van der Waals surface area contributed by atoms with Crippen molar-refractivity contribution in [3.05, 3.63) is 36.3 Å². The van der Waals surface area contributed by atoms with E-state index in [1.165, 1.54) is 4.90 Å². The van der Waals surface area contributed by atoms with Gasteiger partial charge in [0.05, 0.1) is 41.3 Å². The molecule has 37 heavy (non-hydrogen) atoms. The summed E-state index contributed by atoms with van der Waals surface area (Å²) in [5, 5.41) is 19.9. The number of carbonyl (C=O) groups excluding carboxylic acids is 2. The predicted octanol–water partition coefficient (Wildman–Crippen LogP) is 2.93. The van der Waals surface area contributed by atoms with Gasteiger partial charge in [0.25, 0.3) is 5.91 Å². The largest absolute Gasteiger partial charge is 0.474 e. The third-order valence-electron chi connectivity index (χ3n) is 6.51. The first-order valence-electron chi connectivity index (χ1n) is 11.7. The number of hydrogen-bond acceptors (Lipinski definition) is 8. The Morgan fingerprint density at radius 3 is 2.65 bits per heavy atom. The SMILES string of the molecule is O=C1CN(c2cncc(C(F)(F)F)c2)C(=O)N1[C@H]1CC[C@H](Nc2cnc3[nH]nc(OCCO)c3c2)CC1. The van der Waals surface area contributed by atoms with E-state index in [0.29, 0.717) is 48.8 Å². The van der Waals surface area contributed by atoms with Crippen LogP contribution in [0.2, 0.25) is 0 Å². The molecular weight excluding hydrogens is 495 g/mol. The van der Waals surface area contributed by atoms with Crippen LogP contribution in [0.15, 0.2) is 30.7 Å². The molecule has 4 heterocycles. The van der Waals surface area contributed by atoms with Crippen LogP contribution in [-0.4, -0.2) is 74.0 Å². The number of aliphatic hydroxyl groups excluding tert-OH is 1. The van der Waals surface area contributed by atoms with Crippen molar-refractivity contribution in [3.63, 3.8) is 0 Å². The third-order valence-corrected chi connectivity index (χ3v) is 6.51. The molecule has 1 saturated carbocycles. The second-order valence-corrected chi connectivity index (χ2v) is 8.93. The van der Waals surface area contributed by atoms with Crippen molar-refractivity contribution in [3.8, 4) is 5.88 Å². The minimum atomic E-state index is -4.60. The number of carbonyl (C=O) groups is 2. The summed E-state index contributed by atoms with van der Waals surface area (Å²) in [6.07, 6.45) is 1.33. The van der Waals surface area contributed by atoms with Crippen LogP contribution in [0.1, 0.15) is 31.2 Å².